The van der Waals surface area contributed by atoms with Crippen LogP contribution in [0.1, 0.15) is 29.7 Å². The minimum Gasteiger partial charge on any atom is -0.496 e. The molecule has 1 atom stereocenters. The van der Waals surface area contributed by atoms with Crippen LogP contribution in [-0.2, 0) is 11.2 Å². The summed E-state index contributed by atoms with van der Waals surface area (Å²) in [5, 5.41) is 4.12. The summed E-state index contributed by atoms with van der Waals surface area (Å²) in [6, 6.07) is 13.8. The Labute approximate surface area is 159 Å². The van der Waals surface area contributed by atoms with Crippen LogP contribution in [0.25, 0.3) is 5.69 Å². The van der Waals surface area contributed by atoms with E-state index < -0.39 is 0 Å². The van der Waals surface area contributed by atoms with E-state index in [9.17, 15) is 4.79 Å². The molecule has 0 aliphatic heterocycles. The molecule has 0 spiro atoms. The third-order valence-electron chi connectivity index (χ3n) is 4.86. The molecule has 0 fully saturated rings. The molecule has 0 saturated heterocycles. The average Bonchev–Trinajstić information content (AvgIpc) is 3.23. The van der Waals surface area contributed by atoms with Gasteiger partial charge in [0.1, 0.15) is 18.4 Å². The largest absolute Gasteiger partial charge is 0.496 e. The lowest BCUT2D eigenvalue weighted by Gasteiger charge is -2.26. The van der Waals surface area contributed by atoms with Crippen LogP contribution in [0.2, 0.25) is 0 Å². The molecule has 0 bridgehead atoms. The summed E-state index contributed by atoms with van der Waals surface area (Å²) >= 11 is 0. The number of rotatable bonds is 6. The normalized spacial score (nSPS) is 11.9. The predicted octanol–water partition coefficient (Wildman–Crippen LogP) is 3.35. The highest BCUT2D eigenvalue weighted by molar-refractivity contribution is 5.79. The summed E-state index contributed by atoms with van der Waals surface area (Å²) in [6.07, 6.45) is 3.50. The molecule has 1 amide bonds. The Morgan fingerprint density at radius 1 is 1.22 bits per heavy atom. The van der Waals surface area contributed by atoms with E-state index >= 15 is 0 Å². The lowest BCUT2D eigenvalue weighted by atomic mass is 10.0. The van der Waals surface area contributed by atoms with Crippen LogP contribution in [0.15, 0.2) is 55.1 Å². The van der Waals surface area contributed by atoms with Gasteiger partial charge < -0.3 is 9.64 Å². The number of methoxy groups -OCH3 is 1. The van der Waals surface area contributed by atoms with Crippen LogP contribution in [0.4, 0.5) is 0 Å². The maximum Gasteiger partial charge on any atom is 0.227 e. The van der Waals surface area contributed by atoms with Crippen molar-refractivity contribution in [2.24, 2.45) is 0 Å². The number of benzene rings is 2. The van der Waals surface area contributed by atoms with Gasteiger partial charge in [-0.05, 0) is 48.7 Å². The van der Waals surface area contributed by atoms with Gasteiger partial charge in [0.05, 0.1) is 25.3 Å². The average molecular weight is 364 g/mol. The topological polar surface area (TPSA) is 60.2 Å². The zero-order valence-electron chi connectivity index (χ0n) is 16.1. The highest BCUT2D eigenvalue weighted by Gasteiger charge is 2.18. The van der Waals surface area contributed by atoms with Crippen molar-refractivity contribution in [3.63, 3.8) is 0 Å². The number of likely N-dealkylation sites (N-methyl/N-ethyl adjacent to an activating group) is 1. The second kappa shape index (κ2) is 8.03. The van der Waals surface area contributed by atoms with Crippen LogP contribution in [0.5, 0.6) is 5.75 Å². The number of ether oxygens (including phenoxy) is 1. The molecule has 140 valence electrons. The summed E-state index contributed by atoms with van der Waals surface area (Å²) in [6.45, 7) is 4.01. The van der Waals surface area contributed by atoms with Gasteiger partial charge in [0.2, 0.25) is 5.91 Å². The number of carbonyl (C=O) groups excluding carboxylic acids is 1. The highest BCUT2D eigenvalue weighted by atomic mass is 16.5. The molecular formula is C21H24N4O2. The zero-order chi connectivity index (χ0) is 19.4. The fourth-order valence-electron chi connectivity index (χ4n) is 2.96. The molecular weight excluding hydrogens is 340 g/mol. The lowest BCUT2D eigenvalue weighted by Crippen LogP contribution is -2.31. The minimum absolute atomic E-state index is 0.0327. The first-order valence-electron chi connectivity index (χ1n) is 8.83. The van der Waals surface area contributed by atoms with Crippen molar-refractivity contribution in [3.8, 4) is 11.4 Å². The van der Waals surface area contributed by atoms with Gasteiger partial charge in [-0.2, -0.15) is 5.10 Å². The Hall–Kier alpha value is -3.15. The fraction of sp³-hybridized carbons (Fsp3) is 0.286. The Bertz CT molecular complexity index is 904. The monoisotopic (exact) mass is 364 g/mol. The SMILES string of the molecule is COc1cc(CC(=O)N(C)[C@H](C)c2ccc(-n3cncn3)cc2)ccc1C. The summed E-state index contributed by atoms with van der Waals surface area (Å²) < 4.78 is 7.05. The number of hydrogen-bond acceptors (Lipinski definition) is 4. The zero-order valence-corrected chi connectivity index (χ0v) is 16.1. The molecule has 6 heteroatoms. The second-order valence-electron chi connectivity index (χ2n) is 6.59. The minimum atomic E-state index is -0.0327. The van der Waals surface area contributed by atoms with Crippen molar-refractivity contribution < 1.29 is 9.53 Å². The van der Waals surface area contributed by atoms with Gasteiger partial charge in [0, 0.05) is 7.05 Å². The van der Waals surface area contributed by atoms with Crippen LogP contribution in [-0.4, -0.2) is 39.7 Å². The van der Waals surface area contributed by atoms with Gasteiger partial charge in [-0.25, -0.2) is 9.67 Å². The number of amides is 1. The molecule has 3 rings (SSSR count). The molecule has 1 aromatic heterocycles. The van der Waals surface area contributed by atoms with Crippen molar-refractivity contribution in [2.75, 3.05) is 14.2 Å². The molecule has 0 saturated carbocycles. The maximum absolute atomic E-state index is 12.7. The van der Waals surface area contributed by atoms with Gasteiger partial charge in [-0.15, -0.1) is 0 Å². The molecule has 0 aliphatic rings. The van der Waals surface area contributed by atoms with Crippen molar-refractivity contribution in [3.05, 3.63) is 71.8 Å². The number of nitrogens with zero attached hydrogens (tertiary/aromatic N) is 4. The van der Waals surface area contributed by atoms with Crippen molar-refractivity contribution in [1.82, 2.24) is 19.7 Å². The first kappa shape index (κ1) is 18.6. The Morgan fingerprint density at radius 2 is 1.96 bits per heavy atom. The summed E-state index contributed by atoms with van der Waals surface area (Å²) in [5.41, 5.74) is 4.01. The van der Waals surface area contributed by atoms with E-state index in [1.54, 1.807) is 23.0 Å². The smallest absolute Gasteiger partial charge is 0.227 e. The number of hydrogen-bond donors (Lipinski definition) is 0. The first-order valence-corrected chi connectivity index (χ1v) is 8.83. The third-order valence-corrected chi connectivity index (χ3v) is 4.86. The summed E-state index contributed by atoms with van der Waals surface area (Å²) in [7, 11) is 3.48. The predicted molar refractivity (Wildman–Crippen MR) is 104 cm³/mol. The fourth-order valence-corrected chi connectivity index (χ4v) is 2.96. The molecule has 1 heterocycles. The van der Waals surface area contributed by atoms with E-state index in [1.807, 2.05) is 63.4 Å². The highest BCUT2D eigenvalue weighted by Crippen LogP contribution is 2.23. The third kappa shape index (κ3) is 4.16. The van der Waals surface area contributed by atoms with E-state index in [4.69, 9.17) is 4.74 Å². The van der Waals surface area contributed by atoms with E-state index in [0.29, 0.717) is 6.42 Å². The first-order chi connectivity index (χ1) is 13.0. The lowest BCUT2D eigenvalue weighted by molar-refractivity contribution is -0.131. The number of carbonyl (C=O) groups is 1. The molecule has 6 nitrogen and oxygen atoms in total. The Kier molecular flexibility index (Phi) is 5.54. The standard InChI is InChI=1S/C21H24N4O2/c1-15-5-6-17(11-20(15)27-4)12-21(26)24(3)16(2)18-7-9-19(10-8-18)25-14-22-13-23-25/h5-11,13-14,16H,12H2,1-4H3/t16-/m1/s1. The summed E-state index contributed by atoms with van der Waals surface area (Å²) in [4.78, 5) is 18.5. The van der Waals surface area contributed by atoms with Crippen molar-refractivity contribution in [1.29, 1.82) is 0 Å². The van der Waals surface area contributed by atoms with Gasteiger partial charge in [0.15, 0.2) is 0 Å². The van der Waals surface area contributed by atoms with E-state index in [1.165, 1.54) is 6.33 Å². The number of aromatic nitrogens is 3. The maximum atomic E-state index is 12.7. The Morgan fingerprint density at radius 3 is 2.59 bits per heavy atom. The molecule has 27 heavy (non-hydrogen) atoms. The quantitative estimate of drug-likeness (QED) is 0.673. The van der Waals surface area contributed by atoms with Gasteiger partial charge in [0.25, 0.3) is 0 Å². The van der Waals surface area contributed by atoms with E-state index in [2.05, 4.69) is 10.1 Å². The van der Waals surface area contributed by atoms with Crippen molar-refractivity contribution >= 4 is 5.91 Å². The van der Waals surface area contributed by atoms with Crippen LogP contribution in [0, 0.1) is 6.92 Å². The van der Waals surface area contributed by atoms with E-state index in [-0.39, 0.29) is 11.9 Å². The Balaban J connectivity index is 1.69. The molecule has 0 aliphatic carbocycles. The van der Waals surface area contributed by atoms with Gasteiger partial charge in [-0.3, -0.25) is 4.79 Å². The summed E-state index contributed by atoms with van der Waals surface area (Å²) in [5.74, 6) is 0.869. The van der Waals surface area contributed by atoms with E-state index in [0.717, 1.165) is 28.1 Å². The van der Waals surface area contributed by atoms with Crippen molar-refractivity contribution in [2.45, 2.75) is 26.3 Å². The molecule has 3 aromatic rings. The van der Waals surface area contributed by atoms with Gasteiger partial charge in [-0.1, -0.05) is 24.3 Å². The van der Waals surface area contributed by atoms with Crippen LogP contribution in [0.3, 0.4) is 0 Å². The molecule has 0 unspecified atom stereocenters. The molecule has 0 N–H and O–H groups in total. The van der Waals surface area contributed by atoms with Gasteiger partial charge >= 0.3 is 0 Å². The van der Waals surface area contributed by atoms with Crippen LogP contribution >= 0.6 is 0 Å². The van der Waals surface area contributed by atoms with Crippen LogP contribution < -0.4 is 4.74 Å². The molecule has 2 aromatic carbocycles. The second-order valence-corrected chi connectivity index (χ2v) is 6.59. The molecule has 0 radical (unpaired) electrons. The number of aryl methyl sites for hydroxylation is 1.